The summed E-state index contributed by atoms with van der Waals surface area (Å²) >= 11 is 0. The number of fused-ring (bicyclic) bond motifs is 3. The molecule has 0 atom stereocenters. The molecule has 0 bridgehead atoms. The summed E-state index contributed by atoms with van der Waals surface area (Å²) in [7, 11) is 0. The second-order valence-corrected chi connectivity index (χ2v) is 5.29. The molecule has 1 aliphatic rings. The van der Waals surface area contributed by atoms with E-state index in [4.69, 9.17) is 4.74 Å². The minimum atomic E-state index is 0.829. The van der Waals surface area contributed by atoms with Crippen LogP contribution < -0.4 is 4.90 Å². The molecule has 1 saturated heterocycles. The van der Waals surface area contributed by atoms with Crippen LogP contribution in [-0.2, 0) is 4.74 Å². The normalized spacial score (nSPS) is 15.9. The molecule has 0 unspecified atom stereocenters. The first-order chi connectivity index (χ1) is 9.92. The number of hydrogen-bond donors (Lipinski definition) is 0. The van der Waals surface area contributed by atoms with E-state index in [1.807, 2.05) is 0 Å². The lowest BCUT2D eigenvalue weighted by molar-refractivity contribution is 0.122. The minimum absolute atomic E-state index is 0.829. The van der Waals surface area contributed by atoms with Crippen LogP contribution in [0.2, 0.25) is 0 Å². The highest BCUT2D eigenvalue weighted by Crippen LogP contribution is 2.29. The van der Waals surface area contributed by atoms with E-state index < -0.39 is 0 Å². The van der Waals surface area contributed by atoms with Gasteiger partial charge in [0.2, 0.25) is 0 Å². The zero-order chi connectivity index (χ0) is 13.4. The van der Waals surface area contributed by atoms with Crippen molar-refractivity contribution in [3.63, 3.8) is 0 Å². The van der Waals surface area contributed by atoms with Crippen molar-refractivity contribution in [2.24, 2.45) is 0 Å². The third-order valence-corrected chi connectivity index (χ3v) is 4.10. The van der Waals surface area contributed by atoms with E-state index in [2.05, 4.69) is 59.5 Å². The van der Waals surface area contributed by atoms with Crippen LogP contribution in [0.1, 0.15) is 0 Å². The average Bonchev–Trinajstić information content (AvgIpc) is 2.55. The Hall–Kier alpha value is -2.06. The molecule has 0 radical (unpaired) electrons. The molecule has 0 amide bonds. The maximum absolute atomic E-state index is 5.42. The molecule has 1 fully saturated rings. The molecule has 4 rings (SSSR count). The molecule has 3 aromatic carbocycles. The number of ether oxygens (including phenoxy) is 1. The molecule has 2 nitrogen and oxygen atoms in total. The Bertz CT molecular complexity index is 760. The molecule has 0 spiro atoms. The monoisotopic (exact) mass is 263 g/mol. The number of rotatable bonds is 1. The van der Waals surface area contributed by atoms with Gasteiger partial charge >= 0.3 is 0 Å². The maximum Gasteiger partial charge on any atom is 0.0642 e. The molecule has 3 aromatic rings. The van der Waals surface area contributed by atoms with Gasteiger partial charge in [-0.15, -0.1) is 0 Å². The molecule has 0 N–H and O–H groups in total. The zero-order valence-electron chi connectivity index (χ0n) is 11.4. The van der Waals surface area contributed by atoms with Crippen molar-refractivity contribution in [1.29, 1.82) is 0 Å². The highest BCUT2D eigenvalue weighted by Gasteiger charge is 2.11. The second kappa shape index (κ2) is 4.80. The Balaban J connectivity index is 1.85. The quantitative estimate of drug-likeness (QED) is 0.619. The van der Waals surface area contributed by atoms with Crippen LogP contribution in [0.5, 0.6) is 0 Å². The van der Waals surface area contributed by atoms with Gasteiger partial charge in [0.1, 0.15) is 0 Å². The summed E-state index contributed by atoms with van der Waals surface area (Å²) in [5, 5.41) is 5.28. The van der Waals surface area contributed by atoms with Gasteiger partial charge in [-0.3, -0.25) is 0 Å². The number of morpholine rings is 1. The third kappa shape index (κ3) is 1.93. The summed E-state index contributed by atoms with van der Waals surface area (Å²) < 4.78 is 5.42. The SMILES string of the molecule is c1ccc2c(c1)ccc1cc(N3CCOCC3)ccc12. The summed E-state index contributed by atoms with van der Waals surface area (Å²) in [6.07, 6.45) is 0. The van der Waals surface area contributed by atoms with Crippen LogP contribution in [-0.4, -0.2) is 26.3 Å². The fraction of sp³-hybridized carbons (Fsp3) is 0.222. The lowest BCUT2D eigenvalue weighted by Crippen LogP contribution is -2.36. The fourth-order valence-electron chi connectivity index (χ4n) is 3.02. The number of benzene rings is 3. The van der Waals surface area contributed by atoms with E-state index in [0.717, 1.165) is 26.3 Å². The molecular formula is C18H17NO. The number of nitrogens with zero attached hydrogens (tertiary/aromatic N) is 1. The predicted molar refractivity (Wildman–Crippen MR) is 84.5 cm³/mol. The van der Waals surface area contributed by atoms with Gasteiger partial charge in [0, 0.05) is 18.8 Å². The first-order valence-electron chi connectivity index (χ1n) is 7.16. The summed E-state index contributed by atoms with van der Waals surface area (Å²) in [6, 6.07) is 19.8. The Morgan fingerprint density at radius 2 is 1.50 bits per heavy atom. The Morgan fingerprint density at radius 3 is 2.40 bits per heavy atom. The van der Waals surface area contributed by atoms with Crippen LogP contribution in [0, 0.1) is 0 Å². The van der Waals surface area contributed by atoms with E-state index in [9.17, 15) is 0 Å². The smallest absolute Gasteiger partial charge is 0.0642 e. The van der Waals surface area contributed by atoms with E-state index in [1.54, 1.807) is 0 Å². The van der Waals surface area contributed by atoms with Crippen molar-refractivity contribution in [3.05, 3.63) is 54.6 Å². The molecular weight excluding hydrogens is 246 g/mol. The third-order valence-electron chi connectivity index (χ3n) is 4.10. The van der Waals surface area contributed by atoms with Crippen LogP contribution in [0.4, 0.5) is 5.69 Å². The van der Waals surface area contributed by atoms with Crippen LogP contribution in [0.3, 0.4) is 0 Å². The lowest BCUT2D eigenvalue weighted by Gasteiger charge is -2.29. The van der Waals surface area contributed by atoms with E-state index in [-0.39, 0.29) is 0 Å². The lowest BCUT2D eigenvalue weighted by atomic mass is 10.0. The van der Waals surface area contributed by atoms with E-state index in [0.29, 0.717) is 0 Å². The molecule has 1 heterocycles. The van der Waals surface area contributed by atoms with Gasteiger partial charge in [-0.25, -0.2) is 0 Å². The zero-order valence-corrected chi connectivity index (χ0v) is 11.4. The van der Waals surface area contributed by atoms with Crippen molar-refractivity contribution in [1.82, 2.24) is 0 Å². The van der Waals surface area contributed by atoms with E-state index >= 15 is 0 Å². The van der Waals surface area contributed by atoms with Gasteiger partial charge in [0.25, 0.3) is 0 Å². The van der Waals surface area contributed by atoms with Gasteiger partial charge in [-0.05, 0) is 33.7 Å². The van der Waals surface area contributed by atoms with Crippen molar-refractivity contribution in [2.75, 3.05) is 31.2 Å². The molecule has 20 heavy (non-hydrogen) atoms. The van der Waals surface area contributed by atoms with Crippen LogP contribution in [0.15, 0.2) is 54.6 Å². The summed E-state index contributed by atoms with van der Waals surface area (Å²) in [5.41, 5.74) is 1.30. The van der Waals surface area contributed by atoms with Crippen molar-refractivity contribution < 1.29 is 4.74 Å². The van der Waals surface area contributed by atoms with Crippen LogP contribution >= 0.6 is 0 Å². The largest absolute Gasteiger partial charge is 0.378 e. The first-order valence-corrected chi connectivity index (χ1v) is 7.16. The summed E-state index contributed by atoms with van der Waals surface area (Å²) in [5.74, 6) is 0. The number of hydrogen-bond acceptors (Lipinski definition) is 2. The Kier molecular flexibility index (Phi) is 2.82. The second-order valence-electron chi connectivity index (χ2n) is 5.29. The van der Waals surface area contributed by atoms with Gasteiger partial charge < -0.3 is 9.64 Å². The molecule has 0 saturated carbocycles. The van der Waals surface area contributed by atoms with Crippen molar-refractivity contribution in [2.45, 2.75) is 0 Å². The first kappa shape index (κ1) is 11.7. The fourth-order valence-corrected chi connectivity index (χ4v) is 3.02. The summed E-state index contributed by atoms with van der Waals surface area (Å²) in [4.78, 5) is 2.40. The van der Waals surface area contributed by atoms with Gasteiger partial charge in [0.05, 0.1) is 13.2 Å². The Morgan fingerprint density at radius 1 is 0.750 bits per heavy atom. The molecule has 100 valence electrons. The topological polar surface area (TPSA) is 12.5 Å². The number of anilines is 1. The molecule has 0 aliphatic carbocycles. The maximum atomic E-state index is 5.42. The van der Waals surface area contributed by atoms with Crippen LogP contribution in [0.25, 0.3) is 21.5 Å². The van der Waals surface area contributed by atoms with E-state index in [1.165, 1.54) is 27.2 Å². The molecule has 1 aliphatic heterocycles. The van der Waals surface area contributed by atoms with Crippen molar-refractivity contribution in [3.8, 4) is 0 Å². The highest BCUT2D eigenvalue weighted by molar-refractivity contribution is 6.08. The van der Waals surface area contributed by atoms with Gasteiger partial charge in [0.15, 0.2) is 0 Å². The molecule has 2 heteroatoms. The van der Waals surface area contributed by atoms with Gasteiger partial charge in [-0.1, -0.05) is 42.5 Å². The molecule has 0 aromatic heterocycles. The van der Waals surface area contributed by atoms with Crippen molar-refractivity contribution >= 4 is 27.2 Å². The predicted octanol–water partition coefficient (Wildman–Crippen LogP) is 3.83. The Labute approximate surface area is 118 Å². The highest BCUT2D eigenvalue weighted by atomic mass is 16.5. The minimum Gasteiger partial charge on any atom is -0.378 e. The standard InChI is InChI=1S/C18H17NO/c1-2-4-17-14(3-1)5-6-15-13-16(7-8-18(15)17)19-9-11-20-12-10-19/h1-8,13H,9-12H2. The average molecular weight is 263 g/mol. The van der Waals surface area contributed by atoms with Gasteiger partial charge in [-0.2, -0.15) is 0 Å². The summed E-state index contributed by atoms with van der Waals surface area (Å²) in [6.45, 7) is 3.63.